The van der Waals surface area contributed by atoms with E-state index in [0.29, 0.717) is 19.8 Å². The van der Waals surface area contributed by atoms with Gasteiger partial charge in [0.15, 0.2) is 0 Å². The van der Waals surface area contributed by atoms with Crippen molar-refractivity contribution >= 4 is 8.80 Å². The Kier molecular flexibility index (Phi) is 16.6. The lowest BCUT2D eigenvalue weighted by Gasteiger charge is -2.45. The fourth-order valence-electron chi connectivity index (χ4n) is 4.81. The Morgan fingerprint density at radius 3 is 1.10 bits per heavy atom. The second-order valence-corrected chi connectivity index (χ2v) is 11.5. The molecule has 0 aromatic heterocycles. The normalized spacial score (nSPS) is 13.2. The first-order chi connectivity index (χ1) is 14.3. The zero-order valence-electron chi connectivity index (χ0n) is 21.8. The van der Waals surface area contributed by atoms with Crippen molar-refractivity contribution in [3.63, 3.8) is 0 Å². The number of hydrogen-bond acceptors (Lipinski definition) is 6. The summed E-state index contributed by atoms with van der Waals surface area (Å²) in [5, 5.41) is 0. The average Bonchev–Trinajstić information content (AvgIpc) is 2.62. The van der Waals surface area contributed by atoms with Crippen LogP contribution in [0.3, 0.4) is 0 Å². The van der Waals surface area contributed by atoms with Gasteiger partial charge in [0, 0.05) is 50.9 Å². The predicted octanol–water partition coefficient (Wildman–Crippen LogP) is 4.05. The molecule has 30 heavy (non-hydrogen) atoms. The summed E-state index contributed by atoms with van der Waals surface area (Å²) in [6.45, 7) is 21.2. The first-order valence-corrected chi connectivity index (χ1v) is 14.2. The highest BCUT2D eigenvalue weighted by atomic mass is 28.4. The molecule has 182 valence electrons. The summed E-state index contributed by atoms with van der Waals surface area (Å²) in [5.41, 5.74) is 0.0174. The van der Waals surface area contributed by atoms with Crippen LogP contribution in [-0.2, 0) is 13.3 Å². The average molecular weight is 448 g/mol. The highest BCUT2D eigenvalue weighted by molar-refractivity contribution is 6.60. The van der Waals surface area contributed by atoms with Crippen molar-refractivity contribution in [2.45, 2.75) is 66.8 Å². The molecule has 0 atom stereocenters. The van der Waals surface area contributed by atoms with Crippen molar-refractivity contribution in [1.82, 2.24) is 14.7 Å². The van der Waals surface area contributed by atoms with Crippen LogP contribution in [0.25, 0.3) is 0 Å². The van der Waals surface area contributed by atoms with Crippen LogP contribution in [0, 0.1) is 5.41 Å². The Hall–Kier alpha value is -0.0231. The van der Waals surface area contributed by atoms with Gasteiger partial charge in [0.1, 0.15) is 0 Å². The molecule has 0 aliphatic carbocycles. The topological polar surface area (TPSA) is 37.4 Å². The van der Waals surface area contributed by atoms with Gasteiger partial charge in [-0.3, -0.25) is 0 Å². The van der Waals surface area contributed by atoms with Gasteiger partial charge < -0.3 is 28.0 Å². The van der Waals surface area contributed by atoms with E-state index < -0.39 is 8.80 Å². The standard InChI is InChI=1S/C23H53N3O3Si/c1-10-16-24(7)19-23(20-25(8)17-11-2,21-26(9)18-12-3)22-30(27-13-4,28-14-5)29-15-6/h10-22H2,1-9H3. The predicted molar refractivity (Wildman–Crippen MR) is 131 cm³/mol. The van der Waals surface area contributed by atoms with Crippen molar-refractivity contribution in [2.75, 3.05) is 80.2 Å². The minimum absolute atomic E-state index is 0.0174. The van der Waals surface area contributed by atoms with E-state index in [4.69, 9.17) is 13.3 Å². The van der Waals surface area contributed by atoms with Crippen molar-refractivity contribution in [3.8, 4) is 0 Å². The number of rotatable bonds is 20. The molecule has 0 saturated carbocycles. The van der Waals surface area contributed by atoms with Crippen LogP contribution in [-0.4, -0.2) is 104 Å². The van der Waals surface area contributed by atoms with E-state index in [1.807, 2.05) is 0 Å². The second kappa shape index (κ2) is 16.6. The molecule has 0 heterocycles. The van der Waals surface area contributed by atoms with Crippen LogP contribution in [0.5, 0.6) is 0 Å². The van der Waals surface area contributed by atoms with E-state index in [1.54, 1.807) is 0 Å². The van der Waals surface area contributed by atoms with Gasteiger partial charge in [-0.05, 0) is 80.8 Å². The molecule has 0 aliphatic rings. The molecule has 7 heteroatoms. The van der Waals surface area contributed by atoms with Gasteiger partial charge in [0.25, 0.3) is 0 Å². The fourth-order valence-corrected chi connectivity index (χ4v) is 7.94. The lowest BCUT2D eigenvalue weighted by molar-refractivity contribution is 0.0340. The smallest absolute Gasteiger partial charge is 0.374 e. The van der Waals surface area contributed by atoms with Gasteiger partial charge in [-0.2, -0.15) is 0 Å². The van der Waals surface area contributed by atoms with Gasteiger partial charge in [-0.25, -0.2) is 0 Å². The number of nitrogens with zero attached hydrogens (tertiary/aromatic N) is 3. The van der Waals surface area contributed by atoms with E-state index in [1.165, 1.54) is 0 Å². The Morgan fingerprint density at radius 2 is 0.867 bits per heavy atom. The third kappa shape index (κ3) is 11.6. The Morgan fingerprint density at radius 1 is 0.567 bits per heavy atom. The van der Waals surface area contributed by atoms with Crippen LogP contribution in [0.1, 0.15) is 60.8 Å². The van der Waals surface area contributed by atoms with E-state index >= 15 is 0 Å². The summed E-state index contributed by atoms with van der Waals surface area (Å²) < 4.78 is 19.0. The van der Waals surface area contributed by atoms with Crippen molar-refractivity contribution in [1.29, 1.82) is 0 Å². The first kappa shape index (κ1) is 30.0. The zero-order chi connectivity index (χ0) is 23.0. The van der Waals surface area contributed by atoms with Crippen LogP contribution < -0.4 is 0 Å². The van der Waals surface area contributed by atoms with Crippen LogP contribution in [0.2, 0.25) is 6.04 Å². The summed E-state index contributed by atoms with van der Waals surface area (Å²) in [6, 6.07) is 0.853. The summed E-state index contributed by atoms with van der Waals surface area (Å²) in [5.74, 6) is 0. The summed E-state index contributed by atoms with van der Waals surface area (Å²) in [7, 11) is 3.98. The molecule has 0 aliphatic heterocycles. The van der Waals surface area contributed by atoms with Gasteiger partial charge >= 0.3 is 8.80 Å². The molecule has 0 amide bonds. The largest absolute Gasteiger partial charge is 0.501 e. The molecule has 0 spiro atoms. The highest BCUT2D eigenvalue weighted by Crippen LogP contribution is 2.34. The molecule has 0 aromatic carbocycles. The fraction of sp³-hybridized carbons (Fsp3) is 1.00. The maximum Gasteiger partial charge on any atom is 0.501 e. The van der Waals surface area contributed by atoms with Gasteiger partial charge in [-0.15, -0.1) is 0 Å². The van der Waals surface area contributed by atoms with Crippen LogP contribution >= 0.6 is 0 Å². The van der Waals surface area contributed by atoms with Crippen molar-refractivity contribution in [2.24, 2.45) is 5.41 Å². The molecule has 0 aromatic rings. The molecule has 0 radical (unpaired) electrons. The van der Waals surface area contributed by atoms with Crippen molar-refractivity contribution in [3.05, 3.63) is 0 Å². The van der Waals surface area contributed by atoms with E-state index in [9.17, 15) is 0 Å². The van der Waals surface area contributed by atoms with E-state index in [-0.39, 0.29) is 5.41 Å². The number of hydrogen-bond donors (Lipinski definition) is 0. The molecule has 0 fully saturated rings. The van der Waals surface area contributed by atoms with Gasteiger partial charge in [0.2, 0.25) is 0 Å². The van der Waals surface area contributed by atoms with Crippen molar-refractivity contribution < 1.29 is 13.3 Å². The summed E-state index contributed by atoms with van der Waals surface area (Å²) >= 11 is 0. The molecule has 0 saturated heterocycles. The molecular weight excluding hydrogens is 394 g/mol. The van der Waals surface area contributed by atoms with E-state index in [0.717, 1.165) is 64.6 Å². The van der Waals surface area contributed by atoms with E-state index in [2.05, 4.69) is 77.4 Å². The lowest BCUT2D eigenvalue weighted by atomic mass is 9.87. The SMILES string of the molecule is CCCN(C)CC(CN(C)CCC)(CN(C)CCC)C[Si](OCC)(OCC)OCC. The summed E-state index contributed by atoms with van der Waals surface area (Å²) in [6.07, 6.45) is 3.48. The molecule has 6 nitrogen and oxygen atoms in total. The minimum atomic E-state index is -2.78. The molecule has 0 bridgehead atoms. The molecule has 0 unspecified atom stereocenters. The molecular formula is C23H53N3O3Si. The van der Waals surface area contributed by atoms with Gasteiger partial charge in [-0.1, -0.05) is 20.8 Å². The third-order valence-electron chi connectivity index (χ3n) is 5.32. The Bertz CT molecular complexity index is 362. The quantitative estimate of drug-likeness (QED) is 0.262. The summed E-state index contributed by atoms with van der Waals surface area (Å²) in [4.78, 5) is 7.47. The Balaban J connectivity index is 6.13. The lowest BCUT2D eigenvalue weighted by Crippen LogP contribution is -2.58. The Labute approximate surface area is 189 Å². The molecule has 0 N–H and O–H groups in total. The van der Waals surface area contributed by atoms with Crippen LogP contribution in [0.15, 0.2) is 0 Å². The van der Waals surface area contributed by atoms with Gasteiger partial charge in [0.05, 0.1) is 0 Å². The molecule has 0 rings (SSSR count). The second-order valence-electron chi connectivity index (χ2n) is 8.87. The zero-order valence-corrected chi connectivity index (χ0v) is 22.8. The maximum absolute atomic E-state index is 6.33. The monoisotopic (exact) mass is 447 g/mol. The highest BCUT2D eigenvalue weighted by Gasteiger charge is 2.50. The van der Waals surface area contributed by atoms with Crippen LogP contribution in [0.4, 0.5) is 0 Å². The maximum atomic E-state index is 6.33. The first-order valence-electron chi connectivity index (χ1n) is 12.2. The third-order valence-corrected chi connectivity index (χ3v) is 8.68. The minimum Gasteiger partial charge on any atom is -0.374 e.